The molecule has 2 rings (SSSR count). The van der Waals surface area contributed by atoms with Crippen LogP contribution in [0.15, 0.2) is 30.5 Å². The monoisotopic (exact) mass is 275 g/mol. The molecule has 0 atom stereocenters. The van der Waals surface area contributed by atoms with E-state index in [2.05, 4.69) is 24.3 Å². The van der Waals surface area contributed by atoms with Gasteiger partial charge in [0.25, 0.3) is 0 Å². The van der Waals surface area contributed by atoms with Crippen LogP contribution in [0.25, 0.3) is 0 Å². The van der Waals surface area contributed by atoms with E-state index in [0.717, 1.165) is 30.8 Å². The van der Waals surface area contributed by atoms with E-state index in [4.69, 9.17) is 0 Å². The number of hydrogen-bond donors (Lipinski definition) is 1. The molecule has 0 aliphatic carbocycles. The Kier molecular flexibility index (Phi) is 4.90. The Morgan fingerprint density at radius 2 is 2.10 bits per heavy atom. The first kappa shape index (κ1) is 14.7. The summed E-state index contributed by atoms with van der Waals surface area (Å²) >= 11 is 0. The van der Waals surface area contributed by atoms with Crippen LogP contribution in [-0.2, 0) is 13.0 Å². The van der Waals surface area contributed by atoms with Gasteiger partial charge < -0.3 is 5.32 Å². The maximum atomic E-state index is 13.0. The van der Waals surface area contributed by atoms with Crippen molar-refractivity contribution in [2.45, 2.75) is 39.8 Å². The molecule has 2 aromatic rings. The fourth-order valence-corrected chi connectivity index (χ4v) is 2.14. The maximum absolute atomic E-state index is 13.0. The normalized spacial score (nSPS) is 11.2. The number of aromatic nitrogens is 2. The molecule has 1 aromatic carbocycles. The van der Waals surface area contributed by atoms with Crippen molar-refractivity contribution in [1.29, 1.82) is 0 Å². The first-order valence-corrected chi connectivity index (χ1v) is 7.06. The van der Waals surface area contributed by atoms with E-state index in [9.17, 15) is 4.39 Å². The number of nitrogens with one attached hydrogen (secondary N) is 1. The summed E-state index contributed by atoms with van der Waals surface area (Å²) in [5, 5.41) is 7.86. The molecular formula is C16H22FN3. The Balaban J connectivity index is 1.78. The molecule has 0 saturated heterocycles. The average molecular weight is 275 g/mol. The molecule has 108 valence electrons. The first-order chi connectivity index (χ1) is 9.56. The van der Waals surface area contributed by atoms with Gasteiger partial charge in [0, 0.05) is 18.8 Å². The number of nitrogens with zero attached hydrogens (tertiary/aromatic N) is 2. The van der Waals surface area contributed by atoms with E-state index >= 15 is 0 Å². The lowest BCUT2D eigenvalue weighted by molar-refractivity contribution is 0.521. The van der Waals surface area contributed by atoms with Gasteiger partial charge in [-0.1, -0.05) is 6.07 Å². The number of halogens is 1. The van der Waals surface area contributed by atoms with Gasteiger partial charge >= 0.3 is 0 Å². The topological polar surface area (TPSA) is 29.9 Å². The lowest BCUT2D eigenvalue weighted by atomic mass is 10.1. The fraction of sp³-hybridized carbons (Fsp3) is 0.438. The minimum Gasteiger partial charge on any atom is -0.311 e. The van der Waals surface area contributed by atoms with Crippen LogP contribution in [-0.4, -0.2) is 16.3 Å². The van der Waals surface area contributed by atoms with Crippen molar-refractivity contribution in [3.63, 3.8) is 0 Å². The zero-order valence-corrected chi connectivity index (χ0v) is 12.4. The van der Waals surface area contributed by atoms with Gasteiger partial charge in [-0.2, -0.15) is 5.10 Å². The van der Waals surface area contributed by atoms with Crippen molar-refractivity contribution in [3.05, 3.63) is 53.1 Å². The molecule has 0 amide bonds. The van der Waals surface area contributed by atoms with Crippen LogP contribution in [0.2, 0.25) is 0 Å². The molecule has 0 unspecified atom stereocenters. The molecule has 0 fully saturated rings. The smallest absolute Gasteiger partial charge is 0.123 e. The Hall–Kier alpha value is -1.68. The quantitative estimate of drug-likeness (QED) is 0.820. The van der Waals surface area contributed by atoms with Crippen LogP contribution in [0.5, 0.6) is 0 Å². The van der Waals surface area contributed by atoms with Crippen LogP contribution in [0.1, 0.15) is 36.7 Å². The standard InChI is InChI=1S/C16H22FN3/c1-12(2)20-9-7-16(19-20)11-18-8-6-14-4-5-15(17)10-13(14)3/h4-5,7,9-10,12,18H,6,8,11H2,1-3H3. The van der Waals surface area contributed by atoms with E-state index in [1.807, 2.05) is 29.9 Å². The van der Waals surface area contributed by atoms with E-state index in [1.165, 1.54) is 11.6 Å². The van der Waals surface area contributed by atoms with E-state index in [1.54, 1.807) is 6.07 Å². The molecule has 0 aliphatic rings. The molecule has 1 aromatic heterocycles. The van der Waals surface area contributed by atoms with Crippen LogP contribution < -0.4 is 5.32 Å². The van der Waals surface area contributed by atoms with Crippen molar-refractivity contribution in [1.82, 2.24) is 15.1 Å². The second kappa shape index (κ2) is 6.66. The maximum Gasteiger partial charge on any atom is 0.123 e. The number of benzene rings is 1. The third-order valence-electron chi connectivity index (χ3n) is 3.37. The highest BCUT2D eigenvalue weighted by molar-refractivity contribution is 5.26. The molecule has 0 radical (unpaired) electrons. The van der Waals surface area contributed by atoms with Gasteiger partial charge in [0.1, 0.15) is 5.82 Å². The number of hydrogen-bond acceptors (Lipinski definition) is 2. The van der Waals surface area contributed by atoms with Gasteiger partial charge in [0.05, 0.1) is 5.69 Å². The lowest BCUT2D eigenvalue weighted by Crippen LogP contribution is -2.17. The van der Waals surface area contributed by atoms with Gasteiger partial charge in [-0.15, -0.1) is 0 Å². The molecule has 0 aliphatic heterocycles. The van der Waals surface area contributed by atoms with Crippen LogP contribution in [0.3, 0.4) is 0 Å². The molecule has 3 nitrogen and oxygen atoms in total. The van der Waals surface area contributed by atoms with Crippen LogP contribution >= 0.6 is 0 Å². The van der Waals surface area contributed by atoms with Crippen molar-refractivity contribution >= 4 is 0 Å². The molecule has 0 bridgehead atoms. The minimum absolute atomic E-state index is 0.168. The predicted octanol–water partition coefficient (Wildman–Crippen LogP) is 3.24. The number of aryl methyl sites for hydroxylation is 1. The minimum atomic E-state index is -0.168. The Morgan fingerprint density at radius 3 is 2.75 bits per heavy atom. The summed E-state index contributed by atoms with van der Waals surface area (Å²) in [6.07, 6.45) is 2.91. The Labute approximate surface area is 119 Å². The zero-order chi connectivity index (χ0) is 14.5. The third-order valence-corrected chi connectivity index (χ3v) is 3.37. The van der Waals surface area contributed by atoms with E-state index in [-0.39, 0.29) is 5.82 Å². The van der Waals surface area contributed by atoms with Gasteiger partial charge in [0.15, 0.2) is 0 Å². The largest absolute Gasteiger partial charge is 0.311 e. The zero-order valence-electron chi connectivity index (χ0n) is 12.4. The van der Waals surface area contributed by atoms with Gasteiger partial charge in [-0.05, 0) is 63.1 Å². The summed E-state index contributed by atoms with van der Waals surface area (Å²) in [6, 6.07) is 7.40. The summed E-state index contributed by atoms with van der Waals surface area (Å²) in [6.45, 7) is 7.80. The third kappa shape index (κ3) is 3.90. The molecule has 4 heteroatoms. The van der Waals surface area contributed by atoms with Crippen molar-refractivity contribution < 1.29 is 4.39 Å². The van der Waals surface area contributed by atoms with Crippen molar-refractivity contribution in [2.75, 3.05) is 6.54 Å². The second-order valence-corrected chi connectivity index (χ2v) is 5.38. The summed E-state index contributed by atoms with van der Waals surface area (Å²) in [7, 11) is 0. The molecular weight excluding hydrogens is 253 g/mol. The Bertz CT molecular complexity index is 561. The van der Waals surface area contributed by atoms with Crippen molar-refractivity contribution in [2.24, 2.45) is 0 Å². The van der Waals surface area contributed by atoms with Gasteiger partial charge in [0.2, 0.25) is 0 Å². The average Bonchev–Trinajstić information content (AvgIpc) is 2.85. The van der Waals surface area contributed by atoms with Crippen molar-refractivity contribution in [3.8, 4) is 0 Å². The van der Waals surface area contributed by atoms with Gasteiger partial charge in [-0.25, -0.2) is 4.39 Å². The SMILES string of the molecule is Cc1cc(F)ccc1CCNCc1ccn(C(C)C)n1. The lowest BCUT2D eigenvalue weighted by Gasteiger charge is -2.07. The second-order valence-electron chi connectivity index (χ2n) is 5.38. The molecule has 0 spiro atoms. The van der Waals surface area contributed by atoms with E-state index < -0.39 is 0 Å². The van der Waals surface area contributed by atoms with Crippen LogP contribution in [0.4, 0.5) is 4.39 Å². The first-order valence-electron chi connectivity index (χ1n) is 7.06. The summed E-state index contributed by atoms with van der Waals surface area (Å²) in [5.74, 6) is -0.168. The van der Waals surface area contributed by atoms with Gasteiger partial charge in [-0.3, -0.25) is 4.68 Å². The summed E-state index contributed by atoms with van der Waals surface area (Å²) in [4.78, 5) is 0. The highest BCUT2D eigenvalue weighted by atomic mass is 19.1. The summed E-state index contributed by atoms with van der Waals surface area (Å²) < 4.78 is 15.0. The molecule has 20 heavy (non-hydrogen) atoms. The highest BCUT2D eigenvalue weighted by Crippen LogP contribution is 2.10. The number of rotatable bonds is 6. The molecule has 1 N–H and O–H groups in total. The fourth-order valence-electron chi connectivity index (χ4n) is 2.14. The van der Waals surface area contributed by atoms with E-state index in [0.29, 0.717) is 6.04 Å². The summed E-state index contributed by atoms with van der Waals surface area (Å²) in [5.41, 5.74) is 3.25. The molecule has 1 heterocycles. The predicted molar refractivity (Wildman–Crippen MR) is 79.2 cm³/mol. The highest BCUT2D eigenvalue weighted by Gasteiger charge is 2.03. The Morgan fingerprint density at radius 1 is 1.30 bits per heavy atom. The molecule has 0 saturated carbocycles. The van der Waals surface area contributed by atoms with Crippen LogP contribution in [0, 0.1) is 12.7 Å².